The second-order valence-electron chi connectivity index (χ2n) is 3.71. The summed E-state index contributed by atoms with van der Waals surface area (Å²) in [5.41, 5.74) is 8.68. The molecule has 0 bridgehead atoms. The van der Waals surface area contributed by atoms with Gasteiger partial charge in [0.1, 0.15) is 5.41 Å². The predicted octanol–water partition coefficient (Wildman–Crippen LogP) is -0.486. The topological polar surface area (TPSA) is 106 Å². The van der Waals surface area contributed by atoms with E-state index < -0.39 is 23.3 Å². The lowest BCUT2D eigenvalue weighted by Gasteiger charge is -2.24. The van der Waals surface area contributed by atoms with Gasteiger partial charge in [0.05, 0.1) is 6.10 Å². The second-order valence-corrected chi connectivity index (χ2v) is 3.71. The van der Waals surface area contributed by atoms with E-state index in [0.717, 1.165) is 6.42 Å². The Morgan fingerprint density at radius 3 is 2.07 bits per heavy atom. The Hall–Kier alpha value is -1.10. The number of nitrogens with two attached hydrogens (primary N) is 2. The van der Waals surface area contributed by atoms with E-state index in [1.807, 2.05) is 6.92 Å². The molecule has 2 amide bonds. The number of carbonyl (C=O) groups is 2. The fourth-order valence-electron chi connectivity index (χ4n) is 1.23. The van der Waals surface area contributed by atoms with E-state index >= 15 is 0 Å². The molecule has 0 saturated heterocycles. The highest BCUT2D eigenvalue weighted by Gasteiger charge is 2.39. The number of carbonyl (C=O) groups excluding carboxylic acids is 2. The summed E-state index contributed by atoms with van der Waals surface area (Å²) in [7, 11) is 0. The summed E-state index contributed by atoms with van der Waals surface area (Å²) in [5, 5.41) is 9.47. The van der Waals surface area contributed by atoms with E-state index in [1.165, 1.54) is 6.92 Å². The van der Waals surface area contributed by atoms with E-state index in [1.54, 1.807) is 0 Å². The van der Waals surface area contributed by atoms with E-state index in [9.17, 15) is 14.7 Å². The highest BCUT2D eigenvalue weighted by molar-refractivity contribution is 6.03. The average Bonchev–Trinajstić information content (AvgIpc) is 2.03. The molecular weight excluding hydrogens is 184 g/mol. The van der Waals surface area contributed by atoms with Gasteiger partial charge in [-0.25, -0.2) is 0 Å². The van der Waals surface area contributed by atoms with Crippen LogP contribution < -0.4 is 11.5 Å². The molecule has 0 aromatic heterocycles. The summed E-state index contributed by atoms with van der Waals surface area (Å²) >= 11 is 0. The van der Waals surface area contributed by atoms with Gasteiger partial charge in [0, 0.05) is 0 Å². The van der Waals surface area contributed by atoms with Gasteiger partial charge in [0.2, 0.25) is 11.8 Å². The number of amides is 2. The lowest BCUT2D eigenvalue weighted by Crippen LogP contribution is -2.47. The first kappa shape index (κ1) is 12.9. The van der Waals surface area contributed by atoms with Gasteiger partial charge in [-0.2, -0.15) is 0 Å². The molecule has 0 aliphatic rings. The standard InChI is InChI=1S/C9H18N2O3/c1-3-4-6(12)5-9(2,7(10)13)8(11)14/h6,12H,3-5H2,1-2H3,(H2,10,13)(H2,11,14). The van der Waals surface area contributed by atoms with E-state index in [0.29, 0.717) is 6.42 Å². The van der Waals surface area contributed by atoms with Crippen LogP contribution in [0.15, 0.2) is 0 Å². The molecule has 0 heterocycles. The normalized spacial score (nSPS) is 13.6. The fourth-order valence-corrected chi connectivity index (χ4v) is 1.23. The van der Waals surface area contributed by atoms with Crippen molar-refractivity contribution in [2.45, 2.75) is 39.2 Å². The fraction of sp³-hybridized carbons (Fsp3) is 0.778. The minimum absolute atomic E-state index is 0.00843. The molecule has 14 heavy (non-hydrogen) atoms. The smallest absolute Gasteiger partial charge is 0.232 e. The molecule has 1 atom stereocenters. The van der Waals surface area contributed by atoms with Crippen LogP contribution in [-0.2, 0) is 9.59 Å². The maximum absolute atomic E-state index is 11.0. The van der Waals surface area contributed by atoms with Gasteiger partial charge >= 0.3 is 0 Å². The van der Waals surface area contributed by atoms with E-state index in [2.05, 4.69) is 0 Å². The Morgan fingerprint density at radius 2 is 1.79 bits per heavy atom. The van der Waals surface area contributed by atoms with Gasteiger partial charge in [-0.3, -0.25) is 9.59 Å². The molecule has 0 fully saturated rings. The summed E-state index contributed by atoms with van der Waals surface area (Å²) in [6.45, 7) is 3.26. The van der Waals surface area contributed by atoms with Crippen molar-refractivity contribution in [2.75, 3.05) is 0 Å². The molecule has 5 nitrogen and oxygen atoms in total. The molecule has 0 spiro atoms. The van der Waals surface area contributed by atoms with Gasteiger partial charge in [-0.15, -0.1) is 0 Å². The molecule has 5 N–H and O–H groups in total. The summed E-state index contributed by atoms with van der Waals surface area (Å²) in [6, 6.07) is 0. The van der Waals surface area contributed by atoms with Gasteiger partial charge in [0.15, 0.2) is 0 Å². The monoisotopic (exact) mass is 202 g/mol. The lowest BCUT2D eigenvalue weighted by atomic mass is 9.82. The first-order chi connectivity index (χ1) is 6.34. The molecule has 82 valence electrons. The summed E-state index contributed by atoms with van der Waals surface area (Å²) in [6.07, 6.45) is 0.571. The first-order valence-electron chi connectivity index (χ1n) is 4.62. The van der Waals surface area contributed by atoms with Crippen LogP contribution in [-0.4, -0.2) is 23.0 Å². The molecule has 0 aliphatic carbocycles. The number of primary amides is 2. The third-order valence-corrected chi connectivity index (χ3v) is 2.35. The number of aliphatic hydroxyl groups excluding tert-OH is 1. The lowest BCUT2D eigenvalue weighted by molar-refractivity contribution is -0.140. The van der Waals surface area contributed by atoms with Crippen LogP contribution in [0.3, 0.4) is 0 Å². The Kier molecular flexibility index (Phi) is 4.56. The van der Waals surface area contributed by atoms with Crippen molar-refractivity contribution in [1.29, 1.82) is 0 Å². The van der Waals surface area contributed by atoms with Crippen molar-refractivity contribution in [2.24, 2.45) is 16.9 Å². The van der Waals surface area contributed by atoms with Gasteiger partial charge < -0.3 is 16.6 Å². The molecule has 0 aliphatic heterocycles. The van der Waals surface area contributed by atoms with Crippen LogP contribution in [0, 0.1) is 5.41 Å². The zero-order valence-corrected chi connectivity index (χ0v) is 8.62. The SMILES string of the molecule is CCCC(O)CC(C)(C(N)=O)C(N)=O. The van der Waals surface area contributed by atoms with Gasteiger partial charge in [-0.05, 0) is 19.8 Å². The first-order valence-corrected chi connectivity index (χ1v) is 4.62. The average molecular weight is 202 g/mol. The van der Waals surface area contributed by atoms with Crippen molar-refractivity contribution >= 4 is 11.8 Å². The molecule has 0 rings (SSSR count). The number of rotatable bonds is 6. The second kappa shape index (κ2) is 4.95. The van der Waals surface area contributed by atoms with Crippen LogP contribution in [0.2, 0.25) is 0 Å². The van der Waals surface area contributed by atoms with E-state index in [-0.39, 0.29) is 6.42 Å². The maximum Gasteiger partial charge on any atom is 0.232 e. The molecule has 0 aromatic carbocycles. The van der Waals surface area contributed by atoms with Crippen LogP contribution in [0.4, 0.5) is 0 Å². The molecule has 0 radical (unpaired) electrons. The zero-order valence-electron chi connectivity index (χ0n) is 8.62. The third kappa shape index (κ3) is 2.99. The minimum Gasteiger partial charge on any atom is -0.393 e. The van der Waals surface area contributed by atoms with Crippen LogP contribution >= 0.6 is 0 Å². The molecule has 0 aromatic rings. The quantitative estimate of drug-likeness (QED) is 0.506. The van der Waals surface area contributed by atoms with Crippen molar-refractivity contribution in [3.8, 4) is 0 Å². The zero-order chi connectivity index (χ0) is 11.4. The maximum atomic E-state index is 11.0. The Labute approximate surface area is 83.5 Å². The Balaban J connectivity index is 4.53. The summed E-state index contributed by atoms with van der Waals surface area (Å²) in [4.78, 5) is 22.0. The van der Waals surface area contributed by atoms with Gasteiger partial charge in [0.25, 0.3) is 0 Å². The highest BCUT2D eigenvalue weighted by Crippen LogP contribution is 2.24. The van der Waals surface area contributed by atoms with E-state index in [4.69, 9.17) is 11.5 Å². The van der Waals surface area contributed by atoms with Crippen LogP contribution in [0.25, 0.3) is 0 Å². The molecular formula is C9H18N2O3. The molecule has 0 saturated carbocycles. The molecule has 5 heteroatoms. The van der Waals surface area contributed by atoms with Crippen molar-refractivity contribution in [3.05, 3.63) is 0 Å². The number of hydrogen-bond acceptors (Lipinski definition) is 3. The van der Waals surface area contributed by atoms with Crippen LogP contribution in [0.5, 0.6) is 0 Å². The van der Waals surface area contributed by atoms with Crippen molar-refractivity contribution < 1.29 is 14.7 Å². The van der Waals surface area contributed by atoms with Crippen LogP contribution in [0.1, 0.15) is 33.1 Å². The number of aliphatic hydroxyl groups is 1. The van der Waals surface area contributed by atoms with Gasteiger partial charge in [-0.1, -0.05) is 13.3 Å². The minimum atomic E-state index is -1.45. The largest absolute Gasteiger partial charge is 0.393 e. The summed E-state index contributed by atoms with van der Waals surface area (Å²) < 4.78 is 0. The van der Waals surface area contributed by atoms with Crippen molar-refractivity contribution in [3.63, 3.8) is 0 Å². The van der Waals surface area contributed by atoms with Crippen molar-refractivity contribution in [1.82, 2.24) is 0 Å². The number of hydrogen-bond donors (Lipinski definition) is 3. The third-order valence-electron chi connectivity index (χ3n) is 2.35. The summed E-state index contributed by atoms with van der Waals surface area (Å²) in [5.74, 6) is -1.58. The molecule has 1 unspecified atom stereocenters. The Morgan fingerprint density at radius 1 is 1.36 bits per heavy atom. The highest BCUT2D eigenvalue weighted by atomic mass is 16.3. The predicted molar refractivity (Wildman–Crippen MR) is 52.0 cm³/mol. The Bertz CT molecular complexity index is 214.